The third kappa shape index (κ3) is 6.16. The highest BCUT2D eigenvalue weighted by molar-refractivity contribution is 5.88. The van der Waals surface area contributed by atoms with Crippen LogP contribution in [0.15, 0.2) is 30.3 Å². The van der Waals surface area contributed by atoms with Gasteiger partial charge in [-0.05, 0) is 38.3 Å². The molecule has 0 bridgehead atoms. The van der Waals surface area contributed by atoms with Crippen LogP contribution >= 0.6 is 0 Å². The number of likely N-dealkylation sites (N-methyl/N-ethyl adjacent to an activating group) is 1. The molecule has 25 heavy (non-hydrogen) atoms. The van der Waals surface area contributed by atoms with E-state index in [1.165, 1.54) is 12.8 Å². The Balaban J connectivity index is 1.83. The van der Waals surface area contributed by atoms with E-state index in [2.05, 4.69) is 29.5 Å². The minimum absolute atomic E-state index is 0.0381. The lowest BCUT2D eigenvalue weighted by Gasteiger charge is -2.27. The second-order valence-electron chi connectivity index (χ2n) is 7.44. The van der Waals surface area contributed by atoms with E-state index in [0.29, 0.717) is 18.6 Å². The molecule has 5 nitrogen and oxygen atoms in total. The third-order valence-corrected chi connectivity index (χ3v) is 4.86. The van der Waals surface area contributed by atoms with Crippen LogP contribution in [0.2, 0.25) is 0 Å². The van der Waals surface area contributed by atoms with Gasteiger partial charge in [-0.3, -0.25) is 14.5 Å². The molecule has 1 saturated carbocycles. The van der Waals surface area contributed by atoms with Crippen molar-refractivity contribution in [3.63, 3.8) is 0 Å². The summed E-state index contributed by atoms with van der Waals surface area (Å²) in [6.45, 7) is 6.63. The summed E-state index contributed by atoms with van der Waals surface area (Å²) >= 11 is 0. The Morgan fingerprint density at radius 1 is 1.16 bits per heavy atom. The molecule has 1 fully saturated rings. The van der Waals surface area contributed by atoms with Crippen LogP contribution in [0, 0.1) is 5.92 Å². The molecule has 5 heteroatoms. The molecule has 2 amide bonds. The molecular weight excluding hydrogens is 314 g/mol. The van der Waals surface area contributed by atoms with Crippen molar-refractivity contribution in [1.29, 1.82) is 0 Å². The first kappa shape index (κ1) is 19.4. The fourth-order valence-corrected chi connectivity index (χ4v) is 2.88. The minimum Gasteiger partial charge on any atom is -0.353 e. The van der Waals surface area contributed by atoms with Gasteiger partial charge in [-0.1, -0.05) is 44.2 Å². The first-order valence-electron chi connectivity index (χ1n) is 9.21. The van der Waals surface area contributed by atoms with Crippen molar-refractivity contribution in [3.8, 4) is 0 Å². The zero-order chi connectivity index (χ0) is 18.4. The van der Waals surface area contributed by atoms with Crippen LogP contribution in [0.4, 0.5) is 0 Å². The topological polar surface area (TPSA) is 61.4 Å². The minimum atomic E-state index is -0.505. The molecule has 1 aromatic rings. The molecular formula is C20H31N3O2. The van der Waals surface area contributed by atoms with Crippen LogP contribution in [-0.2, 0) is 16.0 Å². The van der Waals surface area contributed by atoms with Gasteiger partial charge in [0.05, 0.1) is 6.42 Å². The van der Waals surface area contributed by atoms with E-state index in [4.69, 9.17) is 0 Å². The van der Waals surface area contributed by atoms with Crippen molar-refractivity contribution in [2.24, 2.45) is 5.92 Å². The maximum atomic E-state index is 12.5. The first-order valence-corrected chi connectivity index (χ1v) is 9.21. The highest BCUT2D eigenvalue weighted by Gasteiger charge is 2.30. The average molecular weight is 345 g/mol. The van der Waals surface area contributed by atoms with Crippen LogP contribution in [0.1, 0.15) is 39.2 Å². The Morgan fingerprint density at radius 2 is 1.80 bits per heavy atom. The van der Waals surface area contributed by atoms with Crippen molar-refractivity contribution in [3.05, 3.63) is 35.9 Å². The van der Waals surface area contributed by atoms with Crippen LogP contribution in [0.3, 0.4) is 0 Å². The number of carbonyl (C=O) groups excluding carboxylic acids is 2. The van der Waals surface area contributed by atoms with Crippen molar-refractivity contribution < 1.29 is 9.59 Å². The third-order valence-electron chi connectivity index (χ3n) is 4.86. The molecule has 0 spiro atoms. The maximum Gasteiger partial charge on any atom is 0.242 e. The zero-order valence-corrected chi connectivity index (χ0v) is 15.8. The molecule has 2 N–H and O–H groups in total. The smallest absolute Gasteiger partial charge is 0.242 e. The number of nitrogens with one attached hydrogen (secondary N) is 2. The molecule has 1 aliphatic carbocycles. The summed E-state index contributed by atoms with van der Waals surface area (Å²) in [4.78, 5) is 27.1. The molecule has 0 radical (unpaired) electrons. The van der Waals surface area contributed by atoms with Gasteiger partial charge >= 0.3 is 0 Å². The van der Waals surface area contributed by atoms with Crippen molar-refractivity contribution in [2.75, 3.05) is 13.6 Å². The van der Waals surface area contributed by atoms with Gasteiger partial charge < -0.3 is 10.6 Å². The second kappa shape index (κ2) is 8.99. The van der Waals surface area contributed by atoms with Crippen LogP contribution in [0.5, 0.6) is 0 Å². The lowest BCUT2D eigenvalue weighted by atomic mass is 10.0. The molecule has 0 saturated heterocycles. The lowest BCUT2D eigenvalue weighted by Crippen LogP contribution is -2.52. The van der Waals surface area contributed by atoms with Gasteiger partial charge in [0, 0.05) is 18.6 Å². The van der Waals surface area contributed by atoms with Gasteiger partial charge in [-0.2, -0.15) is 0 Å². The number of hydrogen-bond acceptors (Lipinski definition) is 3. The molecule has 0 aliphatic heterocycles. The zero-order valence-electron chi connectivity index (χ0n) is 15.8. The summed E-state index contributed by atoms with van der Waals surface area (Å²) in [6, 6.07) is 10.0. The SMILES string of the molecule is CC(C)[C@@H](NC(=O)Cc1ccccc1)C(=O)NC[C@H](C)N(C)C1CC1. The molecule has 1 aliphatic rings. The molecule has 0 aromatic heterocycles. The highest BCUT2D eigenvalue weighted by atomic mass is 16.2. The Labute approximate surface area is 151 Å². The standard InChI is InChI=1S/C20H31N3O2/c1-14(2)19(22-18(24)12-16-8-6-5-7-9-16)20(25)21-13-15(3)23(4)17-10-11-17/h5-9,14-15,17,19H,10-13H2,1-4H3,(H,21,25)(H,22,24)/t15-,19+/m0/s1. The van der Waals surface area contributed by atoms with E-state index < -0.39 is 6.04 Å². The van der Waals surface area contributed by atoms with Gasteiger partial charge in [0.2, 0.25) is 11.8 Å². The van der Waals surface area contributed by atoms with Crippen molar-refractivity contribution >= 4 is 11.8 Å². The molecule has 0 heterocycles. The predicted octanol–water partition coefficient (Wildman–Crippen LogP) is 1.97. The predicted molar refractivity (Wildman–Crippen MR) is 100 cm³/mol. The van der Waals surface area contributed by atoms with E-state index in [9.17, 15) is 9.59 Å². The number of rotatable bonds is 9. The highest BCUT2D eigenvalue weighted by Crippen LogP contribution is 2.26. The van der Waals surface area contributed by atoms with Gasteiger partial charge in [-0.15, -0.1) is 0 Å². The van der Waals surface area contributed by atoms with Gasteiger partial charge in [0.25, 0.3) is 0 Å². The van der Waals surface area contributed by atoms with Gasteiger partial charge in [0.1, 0.15) is 6.04 Å². The fourth-order valence-electron chi connectivity index (χ4n) is 2.88. The Bertz CT molecular complexity index is 570. The summed E-state index contributed by atoms with van der Waals surface area (Å²) in [5.41, 5.74) is 0.947. The molecule has 0 unspecified atom stereocenters. The molecule has 1 aromatic carbocycles. The van der Waals surface area contributed by atoms with Gasteiger partial charge in [-0.25, -0.2) is 0 Å². The van der Waals surface area contributed by atoms with Crippen LogP contribution in [0.25, 0.3) is 0 Å². The quantitative estimate of drug-likeness (QED) is 0.719. The Hall–Kier alpha value is -1.88. The van der Waals surface area contributed by atoms with E-state index in [0.717, 1.165) is 5.56 Å². The maximum absolute atomic E-state index is 12.5. The second-order valence-corrected chi connectivity index (χ2v) is 7.44. The first-order chi connectivity index (χ1) is 11.9. The monoisotopic (exact) mass is 345 g/mol. The van der Waals surface area contributed by atoms with Crippen molar-refractivity contribution in [1.82, 2.24) is 15.5 Å². The van der Waals surface area contributed by atoms with E-state index in [1.54, 1.807) is 0 Å². The summed E-state index contributed by atoms with van der Waals surface area (Å²) in [7, 11) is 2.11. The molecule has 2 rings (SSSR count). The van der Waals surface area contributed by atoms with Crippen molar-refractivity contribution in [2.45, 2.75) is 58.2 Å². The average Bonchev–Trinajstić information content (AvgIpc) is 3.42. The van der Waals surface area contributed by atoms with Gasteiger partial charge in [0.15, 0.2) is 0 Å². The van der Waals surface area contributed by atoms with Crippen LogP contribution < -0.4 is 10.6 Å². The summed E-state index contributed by atoms with van der Waals surface area (Å²) < 4.78 is 0. The molecule has 2 atom stereocenters. The number of nitrogens with zero attached hydrogens (tertiary/aromatic N) is 1. The Morgan fingerprint density at radius 3 is 2.36 bits per heavy atom. The number of hydrogen-bond donors (Lipinski definition) is 2. The summed E-state index contributed by atoms with van der Waals surface area (Å²) in [6.07, 6.45) is 2.79. The largest absolute Gasteiger partial charge is 0.353 e. The Kier molecular flexibility index (Phi) is 7.00. The fraction of sp³-hybridized carbons (Fsp3) is 0.600. The number of benzene rings is 1. The summed E-state index contributed by atoms with van der Waals surface area (Å²) in [5, 5.41) is 5.89. The molecule has 138 valence electrons. The number of carbonyl (C=O) groups is 2. The lowest BCUT2D eigenvalue weighted by molar-refractivity contribution is -0.129. The number of amides is 2. The van der Waals surface area contributed by atoms with Crippen LogP contribution in [-0.4, -0.2) is 48.4 Å². The normalized spacial score (nSPS) is 16.6. The van der Waals surface area contributed by atoms with E-state index >= 15 is 0 Å². The van der Waals surface area contributed by atoms with E-state index in [1.807, 2.05) is 44.2 Å². The van der Waals surface area contributed by atoms with E-state index in [-0.39, 0.29) is 24.2 Å². The summed E-state index contributed by atoms with van der Waals surface area (Å²) in [5.74, 6) is -0.188.